The maximum atomic E-state index is 10.8. The molecule has 5 heteroatoms. The fourth-order valence-corrected chi connectivity index (χ4v) is 2.54. The Morgan fingerprint density at radius 3 is 2.60 bits per heavy atom. The predicted octanol–water partition coefficient (Wildman–Crippen LogP) is 2.92. The van der Waals surface area contributed by atoms with Crippen molar-refractivity contribution in [2.24, 2.45) is 0 Å². The molecule has 0 spiro atoms. The molecular formula is C10H13BrN2O2. The molecule has 82 valence electrons. The highest BCUT2D eigenvalue weighted by Crippen LogP contribution is 2.32. The number of halogens is 1. The molecule has 0 unspecified atom stereocenters. The molecule has 2 rings (SSSR count). The van der Waals surface area contributed by atoms with Gasteiger partial charge in [-0.15, -0.1) is 0 Å². The summed E-state index contributed by atoms with van der Waals surface area (Å²) in [6.45, 7) is 0. The Bertz CT molecular complexity index is 369. The van der Waals surface area contributed by atoms with Gasteiger partial charge in [-0.2, -0.15) is 0 Å². The van der Waals surface area contributed by atoms with Crippen LogP contribution in [0, 0.1) is 0 Å². The summed E-state index contributed by atoms with van der Waals surface area (Å²) in [6, 6.07) is 0. The lowest BCUT2D eigenvalue weighted by molar-refractivity contribution is 0.0690. The first-order valence-electron chi connectivity index (χ1n) is 5.17. The molecule has 0 aliphatic heterocycles. The van der Waals surface area contributed by atoms with Crippen LogP contribution >= 0.6 is 15.9 Å². The van der Waals surface area contributed by atoms with Crippen molar-refractivity contribution in [3.05, 3.63) is 16.1 Å². The van der Waals surface area contributed by atoms with Crippen LogP contribution in [0.1, 0.15) is 54.3 Å². The fourth-order valence-electron chi connectivity index (χ4n) is 2.08. The number of hydrogen-bond acceptors (Lipinski definition) is 2. The molecule has 1 saturated carbocycles. The standard InChI is InChI=1S/C10H13BrN2O2/c11-8-7(10(14)15)12-9(13-8)6-4-2-1-3-5-6/h6H,1-5H2,(H,12,13)(H,14,15). The Kier molecular flexibility index (Phi) is 3.09. The Balaban J connectivity index is 2.21. The quantitative estimate of drug-likeness (QED) is 0.870. The first kappa shape index (κ1) is 10.7. The highest BCUT2D eigenvalue weighted by molar-refractivity contribution is 9.10. The lowest BCUT2D eigenvalue weighted by Crippen LogP contribution is -2.06. The zero-order valence-corrected chi connectivity index (χ0v) is 9.88. The van der Waals surface area contributed by atoms with Crippen molar-refractivity contribution in [2.45, 2.75) is 38.0 Å². The first-order valence-corrected chi connectivity index (χ1v) is 5.96. The van der Waals surface area contributed by atoms with E-state index in [0.29, 0.717) is 10.5 Å². The number of rotatable bonds is 2. The van der Waals surface area contributed by atoms with E-state index in [2.05, 4.69) is 25.9 Å². The Hall–Kier alpha value is -0.840. The number of aromatic carboxylic acids is 1. The minimum absolute atomic E-state index is 0.0931. The van der Waals surface area contributed by atoms with Crippen molar-refractivity contribution < 1.29 is 9.90 Å². The minimum Gasteiger partial charge on any atom is -0.476 e. The molecule has 15 heavy (non-hydrogen) atoms. The van der Waals surface area contributed by atoms with Gasteiger partial charge in [0.2, 0.25) is 0 Å². The second kappa shape index (κ2) is 4.35. The van der Waals surface area contributed by atoms with Gasteiger partial charge in [0.05, 0.1) is 0 Å². The molecule has 4 nitrogen and oxygen atoms in total. The molecule has 2 N–H and O–H groups in total. The first-order chi connectivity index (χ1) is 7.18. The largest absolute Gasteiger partial charge is 0.476 e. The fraction of sp³-hybridized carbons (Fsp3) is 0.600. The molecule has 0 bridgehead atoms. The molecule has 0 aromatic carbocycles. The van der Waals surface area contributed by atoms with Crippen LogP contribution < -0.4 is 0 Å². The van der Waals surface area contributed by atoms with Crippen molar-refractivity contribution in [1.29, 1.82) is 0 Å². The molecule has 0 saturated heterocycles. The molecule has 1 aliphatic carbocycles. The smallest absolute Gasteiger partial charge is 0.357 e. The van der Waals surface area contributed by atoms with Gasteiger partial charge in [-0.3, -0.25) is 0 Å². The summed E-state index contributed by atoms with van der Waals surface area (Å²) in [4.78, 5) is 18.0. The second-order valence-corrected chi connectivity index (χ2v) is 4.72. The van der Waals surface area contributed by atoms with Crippen molar-refractivity contribution in [3.63, 3.8) is 0 Å². The molecule has 1 aromatic heterocycles. The van der Waals surface area contributed by atoms with Crippen LogP contribution in [0.3, 0.4) is 0 Å². The van der Waals surface area contributed by atoms with Gasteiger partial charge in [0.1, 0.15) is 10.4 Å². The van der Waals surface area contributed by atoms with Crippen molar-refractivity contribution in [2.75, 3.05) is 0 Å². The second-order valence-electron chi connectivity index (χ2n) is 3.92. The summed E-state index contributed by atoms with van der Waals surface area (Å²) in [5, 5.41) is 8.86. The van der Waals surface area contributed by atoms with E-state index in [0.717, 1.165) is 18.7 Å². The lowest BCUT2D eigenvalue weighted by atomic mass is 9.89. The molecule has 1 aromatic rings. The molecule has 1 aliphatic rings. The highest BCUT2D eigenvalue weighted by atomic mass is 79.9. The van der Waals surface area contributed by atoms with E-state index in [1.54, 1.807) is 0 Å². The maximum Gasteiger partial charge on any atom is 0.357 e. The molecule has 0 radical (unpaired) electrons. The van der Waals surface area contributed by atoms with Crippen LogP contribution in [0.25, 0.3) is 0 Å². The normalized spacial score (nSPS) is 17.9. The number of carbonyl (C=O) groups is 1. The SMILES string of the molecule is O=C(O)c1nc(C2CCCCC2)[nH]c1Br. The number of imidazole rings is 1. The molecule has 0 atom stereocenters. The Morgan fingerprint density at radius 2 is 2.07 bits per heavy atom. The van der Waals surface area contributed by atoms with Gasteiger partial charge in [-0.25, -0.2) is 9.78 Å². The van der Waals surface area contributed by atoms with E-state index < -0.39 is 5.97 Å². The molecule has 1 heterocycles. The molecular weight excluding hydrogens is 260 g/mol. The summed E-state index contributed by atoms with van der Waals surface area (Å²) in [7, 11) is 0. The van der Waals surface area contributed by atoms with Gasteiger partial charge in [0.25, 0.3) is 0 Å². The average Bonchev–Trinajstić information content (AvgIpc) is 2.62. The zero-order valence-electron chi connectivity index (χ0n) is 8.29. The maximum absolute atomic E-state index is 10.8. The van der Waals surface area contributed by atoms with Gasteiger partial charge < -0.3 is 10.1 Å². The van der Waals surface area contributed by atoms with Gasteiger partial charge >= 0.3 is 5.97 Å². The van der Waals surface area contributed by atoms with E-state index >= 15 is 0 Å². The average molecular weight is 273 g/mol. The number of carboxylic acids is 1. The number of aromatic amines is 1. The number of nitrogens with zero attached hydrogens (tertiary/aromatic N) is 1. The van der Waals surface area contributed by atoms with E-state index in [1.807, 2.05) is 0 Å². The van der Waals surface area contributed by atoms with Crippen molar-refractivity contribution in [1.82, 2.24) is 9.97 Å². The van der Waals surface area contributed by atoms with Crippen molar-refractivity contribution >= 4 is 21.9 Å². The van der Waals surface area contributed by atoms with E-state index in [1.165, 1.54) is 19.3 Å². The lowest BCUT2D eigenvalue weighted by Gasteiger charge is -2.18. The van der Waals surface area contributed by atoms with Crippen LogP contribution in [-0.4, -0.2) is 21.0 Å². The number of carboxylic acid groups (broad SMARTS) is 1. The van der Waals surface area contributed by atoms with Crippen LogP contribution in [0.4, 0.5) is 0 Å². The third-order valence-corrected chi connectivity index (χ3v) is 3.45. The third kappa shape index (κ3) is 2.22. The molecule has 0 amide bonds. The van der Waals surface area contributed by atoms with Crippen LogP contribution in [-0.2, 0) is 0 Å². The number of hydrogen-bond donors (Lipinski definition) is 2. The third-order valence-electron chi connectivity index (χ3n) is 2.87. The number of aromatic nitrogens is 2. The number of nitrogens with one attached hydrogen (secondary N) is 1. The number of H-pyrrole nitrogens is 1. The van der Waals surface area contributed by atoms with Gasteiger partial charge in [-0.05, 0) is 28.8 Å². The summed E-state index contributed by atoms with van der Waals surface area (Å²) in [6.07, 6.45) is 5.93. The Morgan fingerprint density at radius 1 is 1.40 bits per heavy atom. The highest BCUT2D eigenvalue weighted by Gasteiger charge is 2.22. The summed E-state index contributed by atoms with van der Waals surface area (Å²) >= 11 is 3.19. The molecule has 1 fully saturated rings. The zero-order chi connectivity index (χ0) is 10.8. The van der Waals surface area contributed by atoms with E-state index in [4.69, 9.17) is 5.11 Å². The minimum atomic E-state index is -0.986. The van der Waals surface area contributed by atoms with Crippen LogP contribution in [0.15, 0.2) is 4.60 Å². The predicted molar refractivity (Wildman–Crippen MR) is 59.1 cm³/mol. The van der Waals surface area contributed by atoms with Gasteiger partial charge in [0, 0.05) is 5.92 Å². The summed E-state index contributed by atoms with van der Waals surface area (Å²) in [5.41, 5.74) is 0.0931. The summed E-state index contributed by atoms with van der Waals surface area (Å²) in [5.74, 6) is 0.238. The van der Waals surface area contributed by atoms with E-state index in [-0.39, 0.29) is 5.69 Å². The monoisotopic (exact) mass is 272 g/mol. The van der Waals surface area contributed by atoms with E-state index in [9.17, 15) is 4.79 Å². The van der Waals surface area contributed by atoms with Gasteiger partial charge in [-0.1, -0.05) is 19.3 Å². The van der Waals surface area contributed by atoms with Gasteiger partial charge in [0.15, 0.2) is 5.69 Å². The van der Waals surface area contributed by atoms with Crippen molar-refractivity contribution in [3.8, 4) is 0 Å². The Labute approximate surface area is 96.2 Å². The van der Waals surface area contributed by atoms with Crippen LogP contribution in [0.5, 0.6) is 0 Å². The summed E-state index contributed by atoms with van der Waals surface area (Å²) < 4.78 is 0.482. The topological polar surface area (TPSA) is 66.0 Å². The van der Waals surface area contributed by atoms with Crippen LogP contribution in [0.2, 0.25) is 0 Å².